The van der Waals surface area contributed by atoms with E-state index in [0.717, 1.165) is 12.2 Å². The fourth-order valence-electron chi connectivity index (χ4n) is 1.88. The molecule has 92 valence electrons. The molecule has 5 nitrogen and oxygen atoms in total. The molecule has 3 N–H and O–H groups in total. The van der Waals surface area contributed by atoms with Crippen molar-refractivity contribution in [2.45, 2.75) is 6.04 Å². The average Bonchev–Trinajstić information content (AvgIpc) is 2.39. The SMILES string of the molecule is NC(=S)c1cc(N2CCOCC2CO)ccn1. The van der Waals surface area contributed by atoms with Gasteiger partial charge in [0.25, 0.3) is 0 Å². The van der Waals surface area contributed by atoms with Crippen LogP contribution in [0.3, 0.4) is 0 Å². The molecule has 0 spiro atoms. The molecule has 1 aliphatic heterocycles. The van der Waals surface area contributed by atoms with Gasteiger partial charge in [-0.15, -0.1) is 0 Å². The number of thiocarbonyl (C=S) groups is 1. The first-order valence-corrected chi connectivity index (χ1v) is 5.84. The van der Waals surface area contributed by atoms with E-state index in [1.807, 2.05) is 12.1 Å². The molecule has 17 heavy (non-hydrogen) atoms. The largest absolute Gasteiger partial charge is 0.394 e. The van der Waals surface area contributed by atoms with E-state index in [4.69, 9.17) is 22.7 Å². The fourth-order valence-corrected chi connectivity index (χ4v) is 1.99. The van der Waals surface area contributed by atoms with Gasteiger partial charge in [-0.25, -0.2) is 0 Å². The highest BCUT2D eigenvalue weighted by atomic mass is 32.1. The van der Waals surface area contributed by atoms with Crippen molar-refractivity contribution < 1.29 is 9.84 Å². The van der Waals surface area contributed by atoms with Gasteiger partial charge in [0.15, 0.2) is 0 Å². The Balaban J connectivity index is 2.25. The van der Waals surface area contributed by atoms with Crippen LogP contribution in [0.15, 0.2) is 18.3 Å². The van der Waals surface area contributed by atoms with Crippen LogP contribution in [0.25, 0.3) is 0 Å². The molecular weight excluding hydrogens is 238 g/mol. The van der Waals surface area contributed by atoms with Crippen molar-refractivity contribution in [3.63, 3.8) is 0 Å². The number of nitrogens with zero attached hydrogens (tertiary/aromatic N) is 2. The highest BCUT2D eigenvalue weighted by Crippen LogP contribution is 2.19. The predicted molar refractivity (Wildman–Crippen MR) is 69.2 cm³/mol. The molecule has 2 rings (SSSR count). The number of rotatable bonds is 3. The number of hydrogen-bond donors (Lipinski definition) is 2. The molecule has 1 fully saturated rings. The van der Waals surface area contributed by atoms with Crippen LogP contribution >= 0.6 is 12.2 Å². The van der Waals surface area contributed by atoms with Crippen molar-refractivity contribution in [2.24, 2.45) is 5.73 Å². The number of ether oxygens (including phenoxy) is 1. The van der Waals surface area contributed by atoms with Gasteiger partial charge in [0.1, 0.15) is 4.99 Å². The van der Waals surface area contributed by atoms with E-state index < -0.39 is 0 Å². The van der Waals surface area contributed by atoms with Gasteiger partial charge in [-0.1, -0.05) is 12.2 Å². The Labute approximate surface area is 105 Å². The van der Waals surface area contributed by atoms with E-state index in [9.17, 15) is 5.11 Å². The van der Waals surface area contributed by atoms with Crippen LogP contribution < -0.4 is 10.6 Å². The Kier molecular flexibility index (Phi) is 3.88. The minimum absolute atomic E-state index is 0.0228. The Morgan fingerprint density at radius 1 is 1.71 bits per heavy atom. The molecule has 0 saturated carbocycles. The molecule has 1 atom stereocenters. The van der Waals surface area contributed by atoms with Gasteiger partial charge in [0, 0.05) is 18.4 Å². The normalized spacial score (nSPS) is 20.3. The van der Waals surface area contributed by atoms with Crippen LogP contribution in [0, 0.1) is 0 Å². The molecule has 1 aromatic heterocycles. The van der Waals surface area contributed by atoms with Crippen molar-refractivity contribution in [3.05, 3.63) is 24.0 Å². The number of aliphatic hydroxyl groups is 1. The van der Waals surface area contributed by atoms with E-state index in [-0.39, 0.29) is 17.6 Å². The Morgan fingerprint density at radius 3 is 3.24 bits per heavy atom. The molecular formula is C11H15N3O2S. The van der Waals surface area contributed by atoms with Crippen molar-refractivity contribution in [1.82, 2.24) is 4.98 Å². The van der Waals surface area contributed by atoms with Crippen molar-refractivity contribution in [3.8, 4) is 0 Å². The number of pyridine rings is 1. The molecule has 0 aliphatic carbocycles. The molecule has 1 aliphatic rings. The summed E-state index contributed by atoms with van der Waals surface area (Å²) in [6.45, 7) is 1.99. The number of nitrogens with two attached hydrogens (primary N) is 1. The highest BCUT2D eigenvalue weighted by Gasteiger charge is 2.22. The molecule has 1 unspecified atom stereocenters. The van der Waals surface area contributed by atoms with Crippen LogP contribution in [0.2, 0.25) is 0 Å². The van der Waals surface area contributed by atoms with Crippen molar-refractivity contribution in [2.75, 3.05) is 31.3 Å². The summed E-state index contributed by atoms with van der Waals surface area (Å²) in [5.41, 5.74) is 7.12. The second kappa shape index (κ2) is 5.39. The average molecular weight is 253 g/mol. The number of aromatic nitrogens is 1. The van der Waals surface area contributed by atoms with E-state index in [2.05, 4.69) is 9.88 Å². The first kappa shape index (κ1) is 12.2. The summed E-state index contributed by atoms with van der Waals surface area (Å²) in [7, 11) is 0. The van der Waals surface area contributed by atoms with Gasteiger partial charge in [-0.05, 0) is 12.1 Å². The lowest BCUT2D eigenvalue weighted by molar-refractivity contribution is 0.0727. The number of hydrogen-bond acceptors (Lipinski definition) is 5. The summed E-state index contributed by atoms with van der Waals surface area (Å²) in [6, 6.07) is 3.71. The van der Waals surface area contributed by atoms with Crippen molar-refractivity contribution >= 4 is 22.9 Å². The summed E-state index contributed by atoms with van der Waals surface area (Å²) in [4.78, 5) is 6.47. The molecule has 2 heterocycles. The zero-order valence-electron chi connectivity index (χ0n) is 9.37. The topological polar surface area (TPSA) is 71.6 Å². The van der Waals surface area contributed by atoms with E-state index >= 15 is 0 Å². The Morgan fingerprint density at radius 2 is 2.53 bits per heavy atom. The summed E-state index contributed by atoms with van der Waals surface area (Å²) in [6.07, 6.45) is 1.67. The monoisotopic (exact) mass is 253 g/mol. The predicted octanol–water partition coefficient (Wildman–Crippen LogP) is -0.0867. The molecule has 0 bridgehead atoms. The quantitative estimate of drug-likeness (QED) is 0.734. The molecule has 1 aromatic rings. The van der Waals surface area contributed by atoms with Gasteiger partial charge in [-0.3, -0.25) is 4.98 Å². The maximum atomic E-state index is 9.31. The highest BCUT2D eigenvalue weighted by molar-refractivity contribution is 7.80. The van der Waals surface area contributed by atoms with Gasteiger partial charge in [0.05, 0.1) is 31.6 Å². The number of anilines is 1. The van der Waals surface area contributed by atoms with Gasteiger partial charge in [0.2, 0.25) is 0 Å². The van der Waals surface area contributed by atoms with Crippen molar-refractivity contribution in [1.29, 1.82) is 0 Å². The lowest BCUT2D eigenvalue weighted by atomic mass is 10.2. The minimum Gasteiger partial charge on any atom is -0.394 e. The van der Waals surface area contributed by atoms with E-state index in [1.165, 1.54) is 0 Å². The third-order valence-corrected chi connectivity index (χ3v) is 2.98. The second-order valence-corrected chi connectivity index (χ2v) is 4.31. The number of aliphatic hydroxyl groups excluding tert-OH is 1. The zero-order chi connectivity index (χ0) is 12.3. The van der Waals surface area contributed by atoms with Crippen LogP contribution in [0.4, 0.5) is 5.69 Å². The molecule has 0 radical (unpaired) electrons. The third-order valence-electron chi connectivity index (χ3n) is 2.77. The van der Waals surface area contributed by atoms with Gasteiger partial charge < -0.3 is 20.5 Å². The first-order chi connectivity index (χ1) is 8.22. The molecule has 0 aromatic carbocycles. The summed E-state index contributed by atoms with van der Waals surface area (Å²) in [5.74, 6) is 0. The molecule has 6 heteroatoms. The Hall–Kier alpha value is -1.24. The number of morpholine rings is 1. The zero-order valence-corrected chi connectivity index (χ0v) is 10.2. The maximum absolute atomic E-state index is 9.31. The molecule has 1 saturated heterocycles. The smallest absolute Gasteiger partial charge is 0.122 e. The van der Waals surface area contributed by atoms with Crippen LogP contribution in [0.5, 0.6) is 0 Å². The van der Waals surface area contributed by atoms with E-state index in [1.54, 1.807) is 6.20 Å². The van der Waals surface area contributed by atoms with E-state index in [0.29, 0.717) is 18.9 Å². The first-order valence-electron chi connectivity index (χ1n) is 5.43. The maximum Gasteiger partial charge on any atom is 0.122 e. The lowest BCUT2D eigenvalue weighted by Crippen LogP contribution is -2.47. The Bertz CT molecular complexity index is 413. The van der Waals surface area contributed by atoms with Gasteiger partial charge >= 0.3 is 0 Å². The van der Waals surface area contributed by atoms with Crippen LogP contribution in [-0.4, -0.2) is 47.5 Å². The summed E-state index contributed by atoms with van der Waals surface area (Å²) >= 11 is 4.90. The minimum atomic E-state index is -0.0228. The fraction of sp³-hybridized carbons (Fsp3) is 0.455. The van der Waals surface area contributed by atoms with Crippen LogP contribution in [0.1, 0.15) is 5.69 Å². The van der Waals surface area contributed by atoms with Gasteiger partial charge in [-0.2, -0.15) is 0 Å². The lowest BCUT2D eigenvalue weighted by Gasteiger charge is -2.36. The summed E-state index contributed by atoms with van der Waals surface area (Å²) < 4.78 is 5.33. The molecule has 0 amide bonds. The second-order valence-electron chi connectivity index (χ2n) is 3.87. The third kappa shape index (κ3) is 2.71. The van der Waals surface area contributed by atoms with Crippen LogP contribution in [-0.2, 0) is 4.74 Å². The standard InChI is InChI=1S/C11H15N3O2S/c12-11(17)10-5-8(1-2-13-10)14-3-4-16-7-9(14)6-15/h1-2,5,9,15H,3-4,6-7H2,(H2,12,17). The summed E-state index contributed by atoms with van der Waals surface area (Å²) in [5, 5.41) is 9.31.